The number of rotatable bonds is 3. The van der Waals surface area contributed by atoms with E-state index in [9.17, 15) is 0 Å². The number of imidazole rings is 1. The smallest absolute Gasteiger partial charge is 0.116 e. The van der Waals surface area contributed by atoms with Crippen molar-refractivity contribution in [2.24, 2.45) is 5.73 Å². The SMILES string of the molecule is Cc1cc(Br)cc2[nH]c(C(CN)c3ccccc3)nc12. The molecule has 3 rings (SSSR count). The maximum absolute atomic E-state index is 5.96. The molecule has 0 amide bonds. The van der Waals surface area contributed by atoms with E-state index >= 15 is 0 Å². The lowest BCUT2D eigenvalue weighted by atomic mass is 9.99. The molecule has 0 bridgehead atoms. The van der Waals surface area contributed by atoms with Crippen LogP contribution in [0.15, 0.2) is 46.9 Å². The number of nitrogens with two attached hydrogens (primary N) is 1. The van der Waals surface area contributed by atoms with Crippen LogP contribution < -0.4 is 5.73 Å². The largest absolute Gasteiger partial charge is 0.341 e. The van der Waals surface area contributed by atoms with Gasteiger partial charge in [0.25, 0.3) is 0 Å². The van der Waals surface area contributed by atoms with Crippen LogP contribution in [0.3, 0.4) is 0 Å². The molecule has 0 spiro atoms. The van der Waals surface area contributed by atoms with Crippen LogP contribution in [0.25, 0.3) is 11.0 Å². The predicted molar refractivity (Wildman–Crippen MR) is 85.9 cm³/mol. The van der Waals surface area contributed by atoms with Crippen LogP contribution in [0, 0.1) is 6.92 Å². The lowest BCUT2D eigenvalue weighted by Crippen LogP contribution is -2.15. The monoisotopic (exact) mass is 329 g/mol. The van der Waals surface area contributed by atoms with E-state index in [0.717, 1.165) is 26.9 Å². The molecule has 1 aromatic heterocycles. The van der Waals surface area contributed by atoms with Gasteiger partial charge in [0.15, 0.2) is 0 Å². The lowest BCUT2D eigenvalue weighted by molar-refractivity contribution is 0.768. The Labute approximate surface area is 126 Å². The Morgan fingerprint density at radius 1 is 1.25 bits per heavy atom. The van der Waals surface area contributed by atoms with Gasteiger partial charge in [-0.05, 0) is 30.2 Å². The van der Waals surface area contributed by atoms with Crippen LogP contribution in [0.5, 0.6) is 0 Å². The third-order valence-corrected chi connectivity index (χ3v) is 3.99. The average Bonchev–Trinajstić information content (AvgIpc) is 2.84. The minimum absolute atomic E-state index is 0.0989. The van der Waals surface area contributed by atoms with E-state index in [-0.39, 0.29) is 5.92 Å². The molecule has 0 aliphatic carbocycles. The molecule has 20 heavy (non-hydrogen) atoms. The first-order valence-electron chi connectivity index (χ1n) is 6.60. The fraction of sp³-hybridized carbons (Fsp3) is 0.188. The van der Waals surface area contributed by atoms with Gasteiger partial charge in [0.2, 0.25) is 0 Å². The molecule has 0 saturated heterocycles. The van der Waals surface area contributed by atoms with Crippen LogP contribution in [0.4, 0.5) is 0 Å². The number of hydrogen-bond donors (Lipinski definition) is 2. The third kappa shape index (κ3) is 2.37. The van der Waals surface area contributed by atoms with E-state index in [4.69, 9.17) is 10.7 Å². The molecule has 0 saturated carbocycles. The summed E-state index contributed by atoms with van der Waals surface area (Å²) >= 11 is 3.52. The number of aromatic amines is 1. The zero-order valence-electron chi connectivity index (χ0n) is 11.2. The van der Waals surface area contributed by atoms with Crippen molar-refractivity contribution in [1.82, 2.24) is 9.97 Å². The summed E-state index contributed by atoms with van der Waals surface area (Å²) in [5.74, 6) is 1.02. The van der Waals surface area contributed by atoms with Gasteiger partial charge in [0, 0.05) is 11.0 Å². The molecular weight excluding hydrogens is 314 g/mol. The molecule has 4 heteroatoms. The van der Waals surface area contributed by atoms with Crippen LogP contribution in [0.1, 0.15) is 22.9 Å². The van der Waals surface area contributed by atoms with Gasteiger partial charge < -0.3 is 10.7 Å². The van der Waals surface area contributed by atoms with Crippen LogP contribution >= 0.6 is 15.9 Å². The van der Waals surface area contributed by atoms with Crippen molar-refractivity contribution < 1.29 is 0 Å². The number of H-pyrrole nitrogens is 1. The lowest BCUT2D eigenvalue weighted by Gasteiger charge is -2.12. The van der Waals surface area contributed by atoms with E-state index in [0.29, 0.717) is 6.54 Å². The van der Waals surface area contributed by atoms with E-state index < -0.39 is 0 Å². The highest BCUT2D eigenvalue weighted by Crippen LogP contribution is 2.27. The van der Waals surface area contributed by atoms with E-state index in [1.54, 1.807) is 0 Å². The number of fused-ring (bicyclic) bond motifs is 1. The minimum atomic E-state index is 0.0989. The number of aromatic nitrogens is 2. The Bertz CT molecular complexity index is 734. The summed E-state index contributed by atoms with van der Waals surface area (Å²) in [7, 11) is 0. The number of benzene rings is 2. The van der Waals surface area contributed by atoms with E-state index in [1.807, 2.05) is 18.2 Å². The van der Waals surface area contributed by atoms with Gasteiger partial charge in [-0.25, -0.2) is 4.98 Å². The van der Waals surface area contributed by atoms with E-state index in [1.165, 1.54) is 5.56 Å². The molecule has 1 heterocycles. The van der Waals surface area contributed by atoms with Crippen molar-refractivity contribution in [3.05, 3.63) is 63.9 Å². The predicted octanol–water partition coefficient (Wildman–Crippen LogP) is 3.72. The molecule has 0 fully saturated rings. The summed E-state index contributed by atoms with van der Waals surface area (Å²) in [5, 5.41) is 0. The number of hydrogen-bond acceptors (Lipinski definition) is 2. The molecule has 3 N–H and O–H groups in total. The number of nitrogens with one attached hydrogen (secondary N) is 1. The molecule has 2 aromatic carbocycles. The molecule has 0 aliphatic heterocycles. The van der Waals surface area contributed by atoms with Crippen LogP contribution in [-0.4, -0.2) is 16.5 Å². The fourth-order valence-electron chi connectivity index (χ4n) is 2.52. The first-order valence-corrected chi connectivity index (χ1v) is 7.39. The Morgan fingerprint density at radius 2 is 2.00 bits per heavy atom. The van der Waals surface area contributed by atoms with Gasteiger partial charge in [0.1, 0.15) is 5.82 Å². The molecule has 3 aromatic rings. The summed E-state index contributed by atoms with van der Waals surface area (Å²) in [5.41, 5.74) is 10.4. The minimum Gasteiger partial charge on any atom is -0.341 e. The highest BCUT2D eigenvalue weighted by molar-refractivity contribution is 9.10. The first-order chi connectivity index (χ1) is 9.69. The van der Waals surface area contributed by atoms with Gasteiger partial charge in [-0.1, -0.05) is 46.3 Å². The fourth-order valence-corrected chi connectivity index (χ4v) is 3.09. The van der Waals surface area contributed by atoms with Gasteiger partial charge in [-0.15, -0.1) is 0 Å². The van der Waals surface area contributed by atoms with Crippen molar-refractivity contribution in [2.45, 2.75) is 12.8 Å². The zero-order valence-corrected chi connectivity index (χ0v) is 12.8. The van der Waals surface area contributed by atoms with Crippen molar-refractivity contribution >= 4 is 27.0 Å². The molecule has 0 radical (unpaired) electrons. The van der Waals surface area contributed by atoms with Crippen molar-refractivity contribution in [2.75, 3.05) is 6.54 Å². The molecule has 0 aliphatic rings. The van der Waals surface area contributed by atoms with Crippen LogP contribution in [-0.2, 0) is 0 Å². The van der Waals surface area contributed by atoms with Gasteiger partial charge in [-0.2, -0.15) is 0 Å². The van der Waals surface area contributed by atoms with Gasteiger partial charge in [-0.3, -0.25) is 0 Å². The second kappa shape index (κ2) is 5.38. The second-order valence-corrected chi connectivity index (χ2v) is 5.86. The normalized spacial score (nSPS) is 12.8. The summed E-state index contributed by atoms with van der Waals surface area (Å²) in [6, 6.07) is 14.4. The average molecular weight is 330 g/mol. The summed E-state index contributed by atoms with van der Waals surface area (Å²) < 4.78 is 1.06. The van der Waals surface area contributed by atoms with E-state index in [2.05, 4.69) is 52.1 Å². The van der Waals surface area contributed by atoms with Crippen molar-refractivity contribution in [3.63, 3.8) is 0 Å². The first kappa shape index (κ1) is 13.3. The highest BCUT2D eigenvalue weighted by Gasteiger charge is 2.17. The van der Waals surface area contributed by atoms with Crippen molar-refractivity contribution in [1.29, 1.82) is 0 Å². The summed E-state index contributed by atoms with van der Waals surface area (Å²) in [6.45, 7) is 2.60. The Hall–Kier alpha value is -1.65. The quantitative estimate of drug-likeness (QED) is 0.769. The van der Waals surface area contributed by atoms with Crippen LogP contribution in [0.2, 0.25) is 0 Å². The molecule has 1 unspecified atom stereocenters. The topological polar surface area (TPSA) is 54.7 Å². The number of aryl methyl sites for hydroxylation is 1. The summed E-state index contributed by atoms with van der Waals surface area (Å²) in [6.07, 6.45) is 0. The third-order valence-electron chi connectivity index (χ3n) is 3.53. The highest BCUT2D eigenvalue weighted by atomic mass is 79.9. The zero-order chi connectivity index (χ0) is 14.1. The van der Waals surface area contributed by atoms with Crippen molar-refractivity contribution in [3.8, 4) is 0 Å². The molecular formula is C16H16BrN3. The maximum atomic E-state index is 5.96. The Morgan fingerprint density at radius 3 is 2.70 bits per heavy atom. The summed E-state index contributed by atoms with van der Waals surface area (Å²) in [4.78, 5) is 8.15. The molecule has 102 valence electrons. The van der Waals surface area contributed by atoms with Gasteiger partial charge in [0.05, 0.1) is 17.0 Å². The Balaban J connectivity index is 2.11. The maximum Gasteiger partial charge on any atom is 0.116 e. The van der Waals surface area contributed by atoms with Gasteiger partial charge >= 0.3 is 0 Å². The second-order valence-electron chi connectivity index (χ2n) is 4.94. The molecule has 1 atom stereocenters. The number of halogens is 1. The molecule has 3 nitrogen and oxygen atoms in total. The Kier molecular flexibility index (Phi) is 3.59. The number of nitrogens with zero attached hydrogens (tertiary/aromatic N) is 1. The standard InChI is InChI=1S/C16H16BrN3/c1-10-7-12(17)8-14-15(10)20-16(19-14)13(9-18)11-5-3-2-4-6-11/h2-8,13H,9,18H2,1H3,(H,19,20).